The molecule has 0 aromatic heterocycles. The molecule has 0 aliphatic rings. The molecule has 0 fully saturated rings. The van der Waals surface area contributed by atoms with Crippen LogP contribution in [-0.4, -0.2) is 39.3 Å². The van der Waals surface area contributed by atoms with E-state index in [2.05, 4.69) is 18.7 Å². The summed E-state index contributed by atoms with van der Waals surface area (Å²) in [5.74, 6) is 0.714. The van der Waals surface area contributed by atoms with Gasteiger partial charge >= 0.3 is 0 Å². The van der Waals surface area contributed by atoms with Gasteiger partial charge in [0.1, 0.15) is 4.32 Å². The van der Waals surface area contributed by atoms with Crippen molar-refractivity contribution in [2.24, 2.45) is 0 Å². The van der Waals surface area contributed by atoms with Crippen LogP contribution in [0.5, 0.6) is 0 Å². The molecule has 0 aliphatic carbocycles. The fourth-order valence-corrected chi connectivity index (χ4v) is 2.33. The summed E-state index contributed by atoms with van der Waals surface area (Å²) in [5.41, 5.74) is 0. The largest absolute Gasteiger partial charge is 0.392 e. The fraction of sp³-hybridized carbons (Fsp3) is 0.889. The predicted molar refractivity (Wildman–Crippen MR) is 64.3 cm³/mol. The van der Waals surface area contributed by atoms with Crippen LogP contribution < -0.4 is 0 Å². The normalized spacial score (nSPS) is 12.6. The maximum Gasteiger partial charge on any atom is 0.136 e. The Balaban J connectivity index is 3.72. The topological polar surface area (TPSA) is 23.5 Å². The van der Waals surface area contributed by atoms with Gasteiger partial charge in [-0.2, -0.15) is 0 Å². The molecule has 0 rings (SSSR count). The molecular weight excluding hydrogens is 202 g/mol. The van der Waals surface area contributed by atoms with Crippen LogP contribution in [0.15, 0.2) is 0 Å². The molecule has 4 heteroatoms. The molecule has 0 saturated heterocycles. The molecule has 0 saturated carbocycles. The molecule has 78 valence electrons. The molecule has 0 aromatic carbocycles. The van der Waals surface area contributed by atoms with Crippen molar-refractivity contribution in [1.82, 2.24) is 4.90 Å². The summed E-state index contributed by atoms with van der Waals surface area (Å²) < 4.78 is 0.900. The third-order valence-corrected chi connectivity index (χ3v) is 3.56. The number of nitrogens with zero attached hydrogens (tertiary/aromatic N) is 1. The zero-order chi connectivity index (χ0) is 10.3. The van der Waals surface area contributed by atoms with Gasteiger partial charge in [-0.05, 0) is 20.3 Å². The van der Waals surface area contributed by atoms with Gasteiger partial charge in [0.15, 0.2) is 0 Å². The van der Waals surface area contributed by atoms with E-state index in [1.54, 1.807) is 11.8 Å². The van der Waals surface area contributed by atoms with E-state index in [-0.39, 0.29) is 6.10 Å². The lowest BCUT2D eigenvalue weighted by Crippen LogP contribution is -2.27. The average Bonchev–Trinajstić information content (AvgIpc) is 2.16. The van der Waals surface area contributed by atoms with Gasteiger partial charge in [-0.3, -0.25) is 0 Å². The van der Waals surface area contributed by atoms with Gasteiger partial charge < -0.3 is 10.0 Å². The summed E-state index contributed by atoms with van der Waals surface area (Å²) in [6.07, 6.45) is 0.576. The first-order valence-corrected chi connectivity index (χ1v) is 6.14. The van der Waals surface area contributed by atoms with Gasteiger partial charge in [0.25, 0.3) is 0 Å². The minimum Gasteiger partial charge on any atom is -0.392 e. The number of hydrogen-bond acceptors (Lipinski definition) is 3. The second kappa shape index (κ2) is 7.59. The van der Waals surface area contributed by atoms with Crippen LogP contribution in [0.4, 0.5) is 0 Å². The number of hydrogen-bond donors (Lipinski definition) is 1. The van der Waals surface area contributed by atoms with Crippen molar-refractivity contribution >= 4 is 28.3 Å². The zero-order valence-corrected chi connectivity index (χ0v) is 10.2. The monoisotopic (exact) mass is 221 g/mol. The van der Waals surface area contributed by atoms with E-state index < -0.39 is 0 Å². The number of thioether (sulfide) groups is 1. The standard InChI is InChI=1S/C9H19NOS2/c1-4-8(11)7-13-9(12)10(5-2)6-3/h8,11H,4-7H2,1-3H3. The lowest BCUT2D eigenvalue weighted by molar-refractivity contribution is 0.195. The molecule has 0 aromatic rings. The van der Waals surface area contributed by atoms with Crippen molar-refractivity contribution in [1.29, 1.82) is 0 Å². The lowest BCUT2D eigenvalue weighted by atomic mass is 10.3. The Morgan fingerprint density at radius 2 is 1.92 bits per heavy atom. The second-order valence-electron chi connectivity index (χ2n) is 2.81. The van der Waals surface area contributed by atoms with Gasteiger partial charge in [-0.1, -0.05) is 30.9 Å². The van der Waals surface area contributed by atoms with E-state index in [0.717, 1.165) is 23.8 Å². The average molecular weight is 221 g/mol. The van der Waals surface area contributed by atoms with E-state index >= 15 is 0 Å². The Labute approximate surface area is 90.7 Å². The highest BCUT2D eigenvalue weighted by atomic mass is 32.2. The molecule has 2 nitrogen and oxygen atoms in total. The van der Waals surface area contributed by atoms with Crippen LogP contribution in [0.2, 0.25) is 0 Å². The van der Waals surface area contributed by atoms with Gasteiger partial charge in [0.2, 0.25) is 0 Å². The van der Waals surface area contributed by atoms with E-state index in [1.807, 2.05) is 6.92 Å². The van der Waals surface area contributed by atoms with Crippen LogP contribution >= 0.6 is 24.0 Å². The third-order valence-electron chi connectivity index (χ3n) is 1.89. The summed E-state index contributed by atoms with van der Waals surface area (Å²) >= 11 is 6.79. The summed E-state index contributed by atoms with van der Waals surface area (Å²) in [5, 5.41) is 9.34. The number of aliphatic hydroxyl groups excluding tert-OH is 1. The lowest BCUT2D eigenvalue weighted by Gasteiger charge is -2.21. The number of aliphatic hydroxyl groups is 1. The van der Waals surface area contributed by atoms with Crippen LogP contribution in [0.3, 0.4) is 0 Å². The first-order chi connectivity index (χ1) is 6.15. The summed E-state index contributed by atoms with van der Waals surface area (Å²) in [6.45, 7) is 8.06. The minimum atomic E-state index is -0.224. The van der Waals surface area contributed by atoms with E-state index in [4.69, 9.17) is 12.2 Å². The predicted octanol–water partition coefficient (Wildman–Crippen LogP) is 2.12. The summed E-state index contributed by atoms with van der Waals surface area (Å²) in [4.78, 5) is 2.13. The molecule has 1 N–H and O–H groups in total. The van der Waals surface area contributed by atoms with Gasteiger partial charge in [0, 0.05) is 18.8 Å². The molecular formula is C9H19NOS2. The van der Waals surface area contributed by atoms with E-state index in [0.29, 0.717) is 5.75 Å². The van der Waals surface area contributed by atoms with Crippen LogP contribution in [0, 0.1) is 0 Å². The Morgan fingerprint density at radius 1 is 1.38 bits per heavy atom. The van der Waals surface area contributed by atoms with Gasteiger partial charge in [0.05, 0.1) is 6.10 Å². The minimum absolute atomic E-state index is 0.224. The smallest absolute Gasteiger partial charge is 0.136 e. The highest BCUT2D eigenvalue weighted by molar-refractivity contribution is 8.22. The van der Waals surface area contributed by atoms with Crippen LogP contribution in [0.25, 0.3) is 0 Å². The van der Waals surface area contributed by atoms with Crippen molar-refractivity contribution in [2.75, 3.05) is 18.8 Å². The maximum atomic E-state index is 9.34. The zero-order valence-electron chi connectivity index (χ0n) is 8.62. The Hall–Kier alpha value is 0.200. The van der Waals surface area contributed by atoms with Crippen LogP contribution in [-0.2, 0) is 0 Å². The van der Waals surface area contributed by atoms with Crippen molar-refractivity contribution in [2.45, 2.75) is 33.3 Å². The molecule has 1 atom stereocenters. The first kappa shape index (κ1) is 13.2. The van der Waals surface area contributed by atoms with Gasteiger partial charge in [-0.15, -0.1) is 0 Å². The quantitative estimate of drug-likeness (QED) is 0.718. The van der Waals surface area contributed by atoms with Crippen molar-refractivity contribution in [3.8, 4) is 0 Å². The highest BCUT2D eigenvalue weighted by Gasteiger charge is 2.08. The van der Waals surface area contributed by atoms with Crippen molar-refractivity contribution in [3.05, 3.63) is 0 Å². The highest BCUT2D eigenvalue weighted by Crippen LogP contribution is 2.11. The number of rotatable bonds is 5. The summed E-state index contributed by atoms with van der Waals surface area (Å²) in [6, 6.07) is 0. The van der Waals surface area contributed by atoms with E-state index in [1.165, 1.54) is 0 Å². The number of thiocarbonyl (C=S) groups is 1. The Bertz CT molecular complexity index is 149. The second-order valence-corrected chi connectivity index (χ2v) is 4.47. The molecule has 13 heavy (non-hydrogen) atoms. The molecule has 0 radical (unpaired) electrons. The maximum absolute atomic E-state index is 9.34. The molecule has 0 bridgehead atoms. The Morgan fingerprint density at radius 3 is 2.31 bits per heavy atom. The first-order valence-electron chi connectivity index (χ1n) is 4.75. The fourth-order valence-electron chi connectivity index (χ4n) is 0.858. The van der Waals surface area contributed by atoms with Crippen LogP contribution in [0.1, 0.15) is 27.2 Å². The summed E-state index contributed by atoms with van der Waals surface area (Å²) in [7, 11) is 0. The molecule has 0 amide bonds. The molecule has 0 aliphatic heterocycles. The molecule has 0 heterocycles. The molecule has 0 spiro atoms. The SMILES string of the molecule is CCC(O)CSC(=S)N(CC)CC. The third kappa shape index (κ3) is 5.49. The van der Waals surface area contributed by atoms with Crippen molar-refractivity contribution in [3.63, 3.8) is 0 Å². The molecule has 1 unspecified atom stereocenters. The van der Waals surface area contributed by atoms with Crippen molar-refractivity contribution < 1.29 is 5.11 Å². The van der Waals surface area contributed by atoms with E-state index in [9.17, 15) is 5.11 Å². The van der Waals surface area contributed by atoms with Gasteiger partial charge in [-0.25, -0.2) is 0 Å². The Kier molecular flexibility index (Phi) is 7.71.